The number of para-hydroxylation sites is 1. The molecule has 2 heterocycles. The van der Waals surface area contributed by atoms with Crippen molar-refractivity contribution < 1.29 is 14.4 Å². The minimum absolute atomic E-state index is 0.218. The molecule has 6 nitrogen and oxygen atoms in total. The van der Waals surface area contributed by atoms with Crippen molar-refractivity contribution in [2.24, 2.45) is 0 Å². The average molecular weight is 398 g/mol. The molecule has 0 bridgehead atoms. The highest BCUT2D eigenvalue weighted by atomic mass is 35.5. The Hall–Kier alpha value is -2.86. The fourth-order valence-corrected chi connectivity index (χ4v) is 3.94. The van der Waals surface area contributed by atoms with Gasteiger partial charge in [-0.2, -0.15) is 0 Å². The number of benzene rings is 2. The number of piperazine rings is 1. The Morgan fingerprint density at radius 3 is 2.36 bits per heavy atom. The van der Waals surface area contributed by atoms with Gasteiger partial charge in [-0.05, 0) is 31.2 Å². The molecule has 1 saturated heterocycles. The number of nitrogens with zero attached hydrogens (tertiary/aromatic N) is 3. The van der Waals surface area contributed by atoms with Gasteiger partial charge in [0.1, 0.15) is 6.54 Å². The molecular weight excluding hydrogens is 378 g/mol. The smallest absolute Gasteiger partial charge is 0.262 e. The molecule has 3 amide bonds. The molecule has 2 aliphatic heterocycles. The van der Waals surface area contributed by atoms with Crippen LogP contribution in [0.15, 0.2) is 42.5 Å². The van der Waals surface area contributed by atoms with Crippen LogP contribution in [0.4, 0.5) is 5.69 Å². The second kappa shape index (κ2) is 7.28. The molecule has 0 aliphatic carbocycles. The van der Waals surface area contributed by atoms with E-state index in [0.29, 0.717) is 42.3 Å². The zero-order valence-electron chi connectivity index (χ0n) is 15.5. The number of carbonyl (C=O) groups excluding carboxylic acids is 3. The molecule has 0 atom stereocenters. The molecule has 0 saturated carbocycles. The van der Waals surface area contributed by atoms with Crippen molar-refractivity contribution in [3.63, 3.8) is 0 Å². The number of imide groups is 1. The molecular formula is C21H20ClN3O3. The Morgan fingerprint density at radius 1 is 0.964 bits per heavy atom. The molecule has 0 aromatic heterocycles. The van der Waals surface area contributed by atoms with Crippen LogP contribution >= 0.6 is 11.6 Å². The number of anilines is 1. The zero-order chi connectivity index (χ0) is 19.8. The topological polar surface area (TPSA) is 60.9 Å². The monoisotopic (exact) mass is 397 g/mol. The van der Waals surface area contributed by atoms with Crippen LogP contribution in [0.2, 0.25) is 5.02 Å². The number of carbonyl (C=O) groups is 3. The first kappa shape index (κ1) is 18.5. The third-order valence-electron chi connectivity index (χ3n) is 5.25. The first-order valence-corrected chi connectivity index (χ1v) is 9.57. The van der Waals surface area contributed by atoms with Gasteiger partial charge >= 0.3 is 0 Å². The lowest BCUT2D eigenvalue weighted by atomic mass is 10.1. The molecule has 28 heavy (non-hydrogen) atoms. The SMILES string of the molecule is Cc1ccc2c(c1)C(=O)N(CC(=O)N1CCN(c3ccccc3Cl)CC1)C2=O. The molecule has 1 fully saturated rings. The van der Waals surface area contributed by atoms with Crippen LogP contribution in [0.3, 0.4) is 0 Å². The van der Waals surface area contributed by atoms with Gasteiger partial charge in [-0.25, -0.2) is 0 Å². The van der Waals surface area contributed by atoms with Crippen LogP contribution in [0, 0.1) is 6.92 Å². The lowest BCUT2D eigenvalue weighted by Gasteiger charge is -2.36. The van der Waals surface area contributed by atoms with E-state index in [4.69, 9.17) is 11.6 Å². The number of hydrogen-bond acceptors (Lipinski definition) is 4. The van der Waals surface area contributed by atoms with E-state index >= 15 is 0 Å². The Morgan fingerprint density at radius 2 is 1.64 bits per heavy atom. The number of halogens is 1. The van der Waals surface area contributed by atoms with Gasteiger partial charge in [-0.1, -0.05) is 35.4 Å². The van der Waals surface area contributed by atoms with Gasteiger partial charge in [0, 0.05) is 26.2 Å². The van der Waals surface area contributed by atoms with Crippen LogP contribution in [0.5, 0.6) is 0 Å². The number of amides is 3. The molecule has 2 aromatic carbocycles. The van der Waals surface area contributed by atoms with Crippen molar-refractivity contribution in [3.8, 4) is 0 Å². The van der Waals surface area contributed by atoms with Crippen molar-refractivity contribution in [2.45, 2.75) is 6.92 Å². The molecule has 4 rings (SSSR count). The number of rotatable bonds is 3. The first-order chi connectivity index (χ1) is 13.5. The van der Waals surface area contributed by atoms with Crippen LogP contribution in [-0.2, 0) is 4.79 Å². The van der Waals surface area contributed by atoms with E-state index in [9.17, 15) is 14.4 Å². The van der Waals surface area contributed by atoms with E-state index in [1.807, 2.05) is 31.2 Å². The molecule has 7 heteroatoms. The summed E-state index contributed by atoms with van der Waals surface area (Å²) in [5.74, 6) is -1.01. The van der Waals surface area contributed by atoms with Crippen molar-refractivity contribution >= 4 is 35.0 Å². The lowest BCUT2D eigenvalue weighted by molar-refractivity contribution is -0.131. The highest BCUT2D eigenvalue weighted by Crippen LogP contribution is 2.27. The van der Waals surface area contributed by atoms with Crippen molar-refractivity contribution in [1.29, 1.82) is 0 Å². The predicted octanol–water partition coefficient (Wildman–Crippen LogP) is 2.59. The fraction of sp³-hybridized carbons (Fsp3) is 0.286. The van der Waals surface area contributed by atoms with E-state index in [-0.39, 0.29) is 12.5 Å². The summed E-state index contributed by atoms with van der Waals surface area (Å²) in [5, 5.41) is 0.684. The summed E-state index contributed by atoms with van der Waals surface area (Å²) in [6, 6.07) is 12.8. The van der Waals surface area contributed by atoms with Crippen LogP contribution in [0.25, 0.3) is 0 Å². The Balaban J connectivity index is 1.40. The molecule has 0 radical (unpaired) electrons. The summed E-state index contributed by atoms with van der Waals surface area (Å²) in [5.41, 5.74) is 2.60. The van der Waals surface area contributed by atoms with Gasteiger partial charge in [0.05, 0.1) is 21.8 Å². The fourth-order valence-electron chi connectivity index (χ4n) is 3.69. The Bertz CT molecular complexity index is 967. The molecule has 0 unspecified atom stereocenters. The second-order valence-corrected chi connectivity index (χ2v) is 7.47. The summed E-state index contributed by atoms with van der Waals surface area (Å²) >= 11 is 6.25. The molecule has 2 aliphatic rings. The largest absolute Gasteiger partial charge is 0.367 e. The van der Waals surface area contributed by atoms with Gasteiger partial charge < -0.3 is 9.80 Å². The van der Waals surface area contributed by atoms with E-state index in [0.717, 1.165) is 16.2 Å². The normalized spacial score (nSPS) is 16.6. The molecule has 0 spiro atoms. The Labute approximate surface area is 168 Å². The van der Waals surface area contributed by atoms with Crippen LogP contribution in [0.1, 0.15) is 26.3 Å². The maximum Gasteiger partial charge on any atom is 0.262 e. The van der Waals surface area contributed by atoms with Gasteiger partial charge in [0.15, 0.2) is 0 Å². The standard InChI is InChI=1S/C21H20ClN3O3/c1-14-6-7-15-16(12-14)21(28)25(20(15)27)13-19(26)24-10-8-23(9-11-24)18-5-3-2-4-17(18)22/h2-7,12H,8-11,13H2,1H3. The number of fused-ring (bicyclic) bond motifs is 1. The third kappa shape index (κ3) is 3.24. The zero-order valence-corrected chi connectivity index (χ0v) is 16.3. The van der Waals surface area contributed by atoms with Crippen molar-refractivity contribution in [3.05, 3.63) is 64.2 Å². The van der Waals surface area contributed by atoms with Gasteiger partial charge in [-0.15, -0.1) is 0 Å². The van der Waals surface area contributed by atoms with Gasteiger partial charge in [0.25, 0.3) is 11.8 Å². The first-order valence-electron chi connectivity index (χ1n) is 9.20. The summed E-state index contributed by atoms with van der Waals surface area (Å²) in [6.07, 6.45) is 0. The van der Waals surface area contributed by atoms with Gasteiger partial charge in [-0.3, -0.25) is 19.3 Å². The van der Waals surface area contributed by atoms with Crippen LogP contribution < -0.4 is 4.90 Å². The van der Waals surface area contributed by atoms with E-state index in [1.54, 1.807) is 23.1 Å². The summed E-state index contributed by atoms with van der Waals surface area (Å²) < 4.78 is 0. The molecule has 0 N–H and O–H groups in total. The highest BCUT2D eigenvalue weighted by molar-refractivity contribution is 6.33. The molecule has 144 valence electrons. The van der Waals surface area contributed by atoms with E-state index in [1.165, 1.54) is 0 Å². The average Bonchev–Trinajstić information content (AvgIpc) is 2.93. The molecule has 2 aromatic rings. The van der Waals surface area contributed by atoms with Gasteiger partial charge in [0.2, 0.25) is 5.91 Å². The second-order valence-electron chi connectivity index (χ2n) is 7.06. The van der Waals surface area contributed by atoms with Crippen molar-refractivity contribution in [2.75, 3.05) is 37.6 Å². The maximum atomic E-state index is 12.7. The predicted molar refractivity (Wildman–Crippen MR) is 107 cm³/mol. The van der Waals surface area contributed by atoms with Crippen LogP contribution in [-0.4, -0.2) is 60.2 Å². The quantitative estimate of drug-likeness (QED) is 0.747. The van der Waals surface area contributed by atoms with Crippen molar-refractivity contribution in [1.82, 2.24) is 9.80 Å². The summed E-state index contributed by atoms with van der Waals surface area (Å²) in [6.45, 7) is 3.98. The number of aryl methyl sites for hydroxylation is 1. The summed E-state index contributed by atoms with van der Waals surface area (Å²) in [4.78, 5) is 42.7. The minimum Gasteiger partial charge on any atom is -0.367 e. The van der Waals surface area contributed by atoms with E-state index < -0.39 is 11.8 Å². The van der Waals surface area contributed by atoms with E-state index in [2.05, 4.69) is 4.90 Å². The Kier molecular flexibility index (Phi) is 4.81. The number of hydrogen-bond donors (Lipinski definition) is 0. The third-order valence-corrected chi connectivity index (χ3v) is 5.56. The highest BCUT2D eigenvalue weighted by Gasteiger charge is 2.37. The summed E-state index contributed by atoms with van der Waals surface area (Å²) in [7, 11) is 0. The minimum atomic E-state index is -0.400. The lowest BCUT2D eigenvalue weighted by Crippen LogP contribution is -2.52. The maximum absolute atomic E-state index is 12.7.